The lowest BCUT2D eigenvalue weighted by atomic mass is 9.98. The first-order valence-electron chi connectivity index (χ1n) is 26.7. The summed E-state index contributed by atoms with van der Waals surface area (Å²) in [6, 6.07) is 30.8. The molecule has 16 heteroatoms. The van der Waals surface area contributed by atoms with Gasteiger partial charge in [0.15, 0.2) is 11.5 Å². The SMILES string of the molecule is CC=CNC(=O)CCSSC(C)(C)CN(CCOCCOCCOC)c1cc(COc2cc3c(cc2C)C(=O)N2c4ccccc4C[C@H]2CC3)cc(COc2cc3c(cc2OC)C(=O)N2c4ccccc4C[C@H]2CN3C)c1. The van der Waals surface area contributed by atoms with E-state index in [4.69, 9.17) is 28.4 Å². The maximum absolute atomic E-state index is 14.4. The normalized spacial score (nSPS) is 16.5. The van der Waals surface area contributed by atoms with Crippen LogP contribution in [0.3, 0.4) is 0 Å². The van der Waals surface area contributed by atoms with Gasteiger partial charge in [0.2, 0.25) is 5.91 Å². The zero-order chi connectivity index (χ0) is 54.1. The summed E-state index contributed by atoms with van der Waals surface area (Å²) < 4.78 is 36.3. The molecular weight excluding hydrogens is 1010 g/mol. The Labute approximate surface area is 462 Å². The first kappa shape index (κ1) is 55.6. The fourth-order valence-electron chi connectivity index (χ4n) is 10.9. The third kappa shape index (κ3) is 13.2. The van der Waals surface area contributed by atoms with Crippen LogP contribution >= 0.6 is 21.6 Å². The number of nitrogens with zero attached hydrogens (tertiary/aromatic N) is 4. The molecule has 0 radical (unpaired) electrons. The molecule has 0 aliphatic carbocycles. The minimum Gasteiger partial charge on any atom is -0.493 e. The largest absolute Gasteiger partial charge is 0.493 e. The van der Waals surface area contributed by atoms with E-state index in [0.29, 0.717) is 81.9 Å². The third-order valence-electron chi connectivity index (χ3n) is 14.5. The van der Waals surface area contributed by atoms with Crippen LogP contribution in [0.2, 0.25) is 0 Å². The van der Waals surface area contributed by atoms with Crippen LogP contribution in [0.15, 0.2) is 103 Å². The number of hydrogen-bond acceptors (Lipinski definition) is 13. The number of aryl methyl sites for hydroxylation is 2. The Bertz CT molecular complexity index is 2950. The number of allylic oxidation sites excluding steroid dienone is 1. The molecule has 1 N–H and O–H groups in total. The fourth-order valence-corrected chi connectivity index (χ4v) is 13.4. The van der Waals surface area contributed by atoms with Gasteiger partial charge in [-0.25, -0.2) is 0 Å². The molecule has 0 saturated carbocycles. The number of ether oxygens (including phenoxy) is 6. The van der Waals surface area contributed by atoms with Gasteiger partial charge in [-0.15, -0.1) is 0 Å². The van der Waals surface area contributed by atoms with E-state index >= 15 is 0 Å². The molecule has 0 spiro atoms. The lowest BCUT2D eigenvalue weighted by molar-refractivity contribution is -0.119. The fraction of sp³-hybridized carbons (Fsp3) is 0.426. The van der Waals surface area contributed by atoms with Crippen molar-refractivity contribution in [3.63, 3.8) is 0 Å². The summed E-state index contributed by atoms with van der Waals surface area (Å²) in [6.45, 7) is 13.1. The minimum atomic E-state index is -0.250. The van der Waals surface area contributed by atoms with Gasteiger partial charge in [-0.1, -0.05) is 64.1 Å². The number of nitrogens with one attached hydrogen (secondary N) is 1. The number of methoxy groups -OCH3 is 2. The number of amides is 3. The van der Waals surface area contributed by atoms with E-state index in [1.54, 1.807) is 42.0 Å². The molecule has 2 atom stereocenters. The predicted molar refractivity (Wildman–Crippen MR) is 310 cm³/mol. The van der Waals surface area contributed by atoms with Crippen LogP contribution in [-0.4, -0.2) is 114 Å². The summed E-state index contributed by atoms with van der Waals surface area (Å²) in [5, 5.41) is 2.81. The number of benzene rings is 5. The highest BCUT2D eigenvalue weighted by atomic mass is 33.1. The van der Waals surface area contributed by atoms with Crippen LogP contribution in [0.4, 0.5) is 22.7 Å². The minimum absolute atomic E-state index is 0.00301. The lowest BCUT2D eigenvalue weighted by Crippen LogP contribution is -2.41. The predicted octanol–water partition coefficient (Wildman–Crippen LogP) is 10.4. The average molecular weight is 1080 g/mol. The number of likely N-dealkylation sites (N-methyl/N-ethyl adjacent to an activating group) is 1. The number of rotatable bonds is 25. The molecule has 4 aliphatic heterocycles. The van der Waals surface area contributed by atoms with E-state index in [9.17, 15) is 14.4 Å². The molecular formula is C61H73N5O9S2. The summed E-state index contributed by atoms with van der Waals surface area (Å²) in [5.41, 5.74) is 11.2. The molecule has 0 saturated heterocycles. The van der Waals surface area contributed by atoms with Gasteiger partial charge >= 0.3 is 0 Å². The monoisotopic (exact) mass is 1080 g/mol. The molecule has 4 aliphatic rings. The van der Waals surface area contributed by atoms with Gasteiger partial charge in [0.1, 0.15) is 19.0 Å². The highest BCUT2D eigenvalue weighted by Gasteiger charge is 2.40. The van der Waals surface area contributed by atoms with Crippen molar-refractivity contribution in [1.29, 1.82) is 0 Å². The van der Waals surface area contributed by atoms with Gasteiger partial charge in [0, 0.05) is 85.4 Å². The van der Waals surface area contributed by atoms with Crippen molar-refractivity contribution in [2.45, 2.75) is 89.8 Å². The Hall–Kier alpha value is -6.17. The number of carbonyl (C=O) groups excluding carboxylic acids is 3. The molecule has 9 rings (SSSR count). The quantitative estimate of drug-likeness (QED) is 0.0440. The first-order valence-corrected chi connectivity index (χ1v) is 29.0. The highest BCUT2D eigenvalue weighted by molar-refractivity contribution is 8.77. The van der Waals surface area contributed by atoms with Gasteiger partial charge in [-0.05, 0) is 141 Å². The Balaban J connectivity index is 0.996. The molecule has 0 fully saturated rings. The van der Waals surface area contributed by atoms with Crippen molar-refractivity contribution in [3.8, 4) is 17.2 Å². The van der Waals surface area contributed by atoms with Crippen molar-refractivity contribution in [3.05, 3.63) is 148 Å². The first-order chi connectivity index (χ1) is 37.3. The molecule has 14 nitrogen and oxygen atoms in total. The number of fused-ring (bicyclic) bond motifs is 8. The Kier molecular flexibility index (Phi) is 18.4. The van der Waals surface area contributed by atoms with Crippen molar-refractivity contribution in [2.75, 3.05) is 99.3 Å². The van der Waals surface area contributed by atoms with E-state index < -0.39 is 0 Å². The van der Waals surface area contributed by atoms with Gasteiger partial charge in [0.05, 0.1) is 57.4 Å². The van der Waals surface area contributed by atoms with E-state index in [1.165, 1.54) is 11.1 Å². The molecule has 0 aromatic heterocycles. The van der Waals surface area contributed by atoms with Crippen molar-refractivity contribution in [1.82, 2.24) is 5.32 Å². The Morgan fingerprint density at radius 2 is 1.40 bits per heavy atom. The molecule has 3 amide bonds. The number of hydrogen-bond donors (Lipinski definition) is 1. The molecule has 5 aromatic carbocycles. The average Bonchev–Trinajstić information content (AvgIpc) is 4.03. The second kappa shape index (κ2) is 25.5. The van der Waals surface area contributed by atoms with Crippen molar-refractivity contribution >= 4 is 62.1 Å². The second-order valence-corrected chi connectivity index (χ2v) is 23.9. The van der Waals surface area contributed by atoms with E-state index in [0.717, 1.165) is 82.0 Å². The Morgan fingerprint density at radius 1 is 0.753 bits per heavy atom. The standard InChI is InChI=1S/C61H73N5O9S2/c1-8-20-62-58(67)19-27-76-77-61(3,4)40-64(21-22-72-25-26-73-24-23-70-6)48-30-42(38-74-55-34-44-17-18-47-32-45-13-9-11-15-52(45)65(47)59(68)50(44)28-41(55)2)29-43(31-48)39-75-57-36-54-51(35-56(57)71-7)60(69)66-49(37-63(54)5)33-46-14-10-12-16-53(46)66/h8-16,20,28-31,34-36,47,49H,17-19,21-27,32-33,37-40H2,1-7H3,(H,62,67)/t47-,49+/m1/s1. The van der Waals surface area contributed by atoms with Crippen LogP contribution < -0.4 is 39.1 Å². The van der Waals surface area contributed by atoms with Crippen LogP contribution in [0.5, 0.6) is 17.2 Å². The molecule has 77 heavy (non-hydrogen) atoms. The van der Waals surface area contributed by atoms with Gasteiger partial charge in [-0.2, -0.15) is 0 Å². The van der Waals surface area contributed by atoms with Crippen LogP contribution in [0.25, 0.3) is 0 Å². The topological polar surface area (TPSA) is 132 Å². The van der Waals surface area contributed by atoms with Gasteiger partial charge in [0.25, 0.3) is 11.8 Å². The number of carbonyl (C=O) groups is 3. The maximum atomic E-state index is 14.4. The molecule has 0 unspecified atom stereocenters. The molecule has 5 aromatic rings. The highest BCUT2D eigenvalue weighted by Crippen LogP contribution is 2.44. The van der Waals surface area contributed by atoms with E-state index in [-0.39, 0.29) is 47.8 Å². The summed E-state index contributed by atoms with van der Waals surface area (Å²) in [6.07, 6.45) is 7.19. The van der Waals surface area contributed by atoms with E-state index in [2.05, 4.69) is 77.5 Å². The maximum Gasteiger partial charge on any atom is 0.260 e. The molecule has 408 valence electrons. The zero-order valence-corrected chi connectivity index (χ0v) is 47.2. The van der Waals surface area contributed by atoms with Gasteiger partial charge in [-0.3, -0.25) is 14.4 Å². The molecule has 4 heterocycles. The van der Waals surface area contributed by atoms with Crippen LogP contribution in [0, 0.1) is 6.92 Å². The summed E-state index contributed by atoms with van der Waals surface area (Å²) in [4.78, 5) is 49.5. The zero-order valence-electron chi connectivity index (χ0n) is 45.6. The number of anilines is 4. The summed E-state index contributed by atoms with van der Waals surface area (Å²) in [7, 11) is 8.75. The number of para-hydroxylation sites is 2. The van der Waals surface area contributed by atoms with Crippen molar-refractivity contribution in [2.24, 2.45) is 0 Å². The summed E-state index contributed by atoms with van der Waals surface area (Å²) in [5.74, 6) is 2.40. The molecule has 0 bridgehead atoms. The third-order valence-corrected chi connectivity index (χ3v) is 17.8. The van der Waals surface area contributed by atoms with Crippen LogP contribution in [-0.2, 0) is 51.5 Å². The van der Waals surface area contributed by atoms with Crippen molar-refractivity contribution < 1.29 is 42.8 Å². The lowest BCUT2D eigenvalue weighted by Gasteiger charge is -2.34. The van der Waals surface area contributed by atoms with Gasteiger partial charge < -0.3 is 53.3 Å². The second-order valence-electron chi connectivity index (χ2n) is 20.7. The Morgan fingerprint density at radius 3 is 2.10 bits per heavy atom. The smallest absolute Gasteiger partial charge is 0.260 e. The summed E-state index contributed by atoms with van der Waals surface area (Å²) >= 11 is 0. The van der Waals surface area contributed by atoms with Crippen LogP contribution in [0.1, 0.15) is 87.7 Å². The van der Waals surface area contributed by atoms with E-state index in [1.807, 2.05) is 79.2 Å².